The van der Waals surface area contributed by atoms with Crippen molar-refractivity contribution in [2.45, 2.75) is 58.5 Å². The fourth-order valence-electron chi connectivity index (χ4n) is 2.69. The maximum atomic E-state index is 10.5. The highest BCUT2D eigenvalue weighted by Gasteiger charge is 2.25. The van der Waals surface area contributed by atoms with Crippen LogP contribution in [-0.4, -0.2) is 25.7 Å². The first-order valence-electron chi connectivity index (χ1n) is 7.09. The van der Waals surface area contributed by atoms with Crippen molar-refractivity contribution >= 4 is 14.4 Å². The average molecular weight is 329 g/mol. The molecule has 1 aliphatic rings. The summed E-state index contributed by atoms with van der Waals surface area (Å²) >= 11 is 0. The van der Waals surface area contributed by atoms with Gasteiger partial charge in [0.1, 0.15) is 0 Å². The molecule has 0 bridgehead atoms. The summed E-state index contributed by atoms with van der Waals surface area (Å²) in [6.45, 7) is 0.188. The molecule has 0 spiro atoms. The molecule has 0 aliphatic heterocycles. The molecule has 2 atom stereocenters. The zero-order chi connectivity index (χ0) is 15.9. The van der Waals surface area contributed by atoms with Gasteiger partial charge in [-0.05, 0) is 43.1 Å². The van der Waals surface area contributed by atoms with Gasteiger partial charge in [0.2, 0.25) is 0 Å². The van der Waals surface area contributed by atoms with E-state index in [1.54, 1.807) is 0 Å². The Hall–Kier alpha value is -1.46. The molecule has 2 nitrogen and oxygen atoms in total. The smallest absolute Gasteiger partial charge is 0.386 e. The minimum Gasteiger partial charge on any atom is -0.481 e. The zero-order valence-corrected chi connectivity index (χ0v) is 12.6. The SMILES string of the molecule is C.CC(F)(F)F.O=C(O)CCC1CCC(c2ccccc2)C1.[B]. The van der Waals surface area contributed by atoms with Crippen LogP contribution in [0.2, 0.25) is 0 Å². The molecule has 2 rings (SSSR count). The van der Waals surface area contributed by atoms with Gasteiger partial charge in [-0.25, -0.2) is 0 Å². The van der Waals surface area contributed by atoms with E-state index in [1.165, 1.54) is 18.4 Å². The van der Waals surface area contributed by atoms with Crippen LogP contribution >= 0.6 is 0 Å². The summed E-state index contributed by atoms with van der Waals surface area (Å²) in [5.41, 5.74) is 1.42. The second kappa shape index (κ2) is 11.1. The number of rotatable bonds is 4. The molecule has 1 N–H and O–H groups in total. The third kappa shape index (κ3) is 11.7. The summed E-state index contributed by atoms with van der Waals surface area (Å²) in [7, 11) is 0. The van der Waals surface area contributed by atoms with E-state index in [0.29, 0.717) is 18.3 Å². The van der Waals surface area contributed by atoms with Crippen molar-refractivity contribution in [2.75, 3.05) is 0 Å². The van der Waals surface area contributed by atoms with Gasteiger partial charge in [-0.3, -0.25) is 4.79 Å². The van der Waals surface area contributed by atoms with Gasteiger partial charge in [0, 0.05) is 21.8 Å². The van der Waals surface area contributed by atoms with Crippen molar-refractivity contribution in [3.8, 4) is 0 Å². The molecule has 0 aromatic heterocycles. The molecule has 1 saturated carbocycles. The third-order valence-electron chi connectivity index (χ3n) is 3.58. The van der Waals surface area contributed by atoms with Gasteiger partial charge in [-0.2, -0.15) is 13.2 Å². The number of hydrogen-bond acceptors (Lipinski definition) is 1. The van der Waals surface area contributed by atoms with Crippen molar-refractivity contribution in [1.82, 2.24) is 0 Å². The summed E-state index contributed by atoms with van der Waals surface area (Å²) in [6.07, 6.45) is 0.739. The van der Waals surface area contributed by atoms with Gasteiger partial charge < -0.3 is 5.11 Å². The molecule has 23 heavy (non-hydrogen) atoms. The molecule has 1 aromatic rings. The Bertz CT molecular complexity index is 429. The molecule has 6 heteroatoms. The highest BCUT2D eigenvalue weighted by atomic mass is 19.4. The van der Waals surface area contributed by atoms with Crippen LogP contribution in [0.15, 0.2) is 30.3 Å². The highest BCUT2D eigenvalue weighted by Crippen LogP contribution is 2.40. The van der Waals surface area contributed by atoms with Crippen LogP contribution in [0, 0.1) is 5.92 Å². The van der Waals surface area contributed by atoms with Gasteiger partial charge in [-0.15, -0.1) is 0 Å². The van der Waals surface area contributed by atoms with Crippen molar-refractivity contribution < 1.29 is 23.1 Å². The van der Waals surface area contributed by atoms with Gasteiger partial charge in [0.05, 0.1) is 0 Å². The first-order chi connectivity index (χ1) is 9.75. The predicted octanol–water partition coefficient (Wildman–Crippen LogP) is 5.26. The maximum absolute atomic E-state index is 10.5. The lowest BCUT2D eigenvalue weighted by Gasteiger charge is -2.10. The van der Waals surface area contributed by atoms with E-state index in [-0.39, 0.29) is 22.8 Å². The molecule has 2 unspecified atom stereocenters. The Morgan fingerprint density at radius 2 is 1.74 bits per heavy atom. The van der Waals surface area contributed by atoms with E-state index in [1.807, 2.05) is 6.07 Å². The Labute approximate surface area is 138 Å². The topological polar surface area (TPSA) is 37.3 Å². The van der Waals surface area contributed by atoms with Gasteiger partial charge in [0.25, 0.3) is 0 Å². The van der Waals surface area contributed by atoms with Crippen LogP contribution in [0.1, 0.15) is 57.9 Å². The third-order valence-corrected chi connectivity index (χ3v) is 3.58. The van der Waals surface area contributed by atoms with Crippen LogP contribution in [0.4, 0.5) is 13.2 Å². The quantitative estimate of drug-likeness (QED) is 0.765. The lowest BCUT2D eigenvalue weighted by Crippen LogP contribution is -2.01. The molecule has 0 saturated heterocycles. The second-order valence-electron chi connectivity index (χ2n) is 5.50. The standard InChI is InChI=1S/C14H18O2.C2H3F3.CH4.B/c15-14(16)9-7-11-6-8-13(10-11)12-4-2-1-3-5-12;1-2(3,4)5;;/h1-5,11,13H,6-10H2,(H,15,16);1H3;1H4;. The molecule has 1 aromatic carbocycles. The summed E-state index contributed by atoms with van der Waals surface area (Å²) in [5.74, 6) is 0.601. The van der Waals surface area contributed by atoms with E-state index < -0.39 is 12.1 Å². The Morgan fingerprint density at radius 3 is 2.22 bits per heavy atom. The van der Waals surface area contributed by atoms with Crippen molar-refractivity contribution in [3.63, 3.8) is 0 Å². The van der Waals surface area contributed by atoms with E-state index in [4.69, 9.17) is 5.11 Å². The number of carboxylic acids is 1. The number of hydrogen-bond donors (Lipinski definition) is 1. The Morgan fingerprint density at radius 1 is 1.22 bits per heavy atom. The number of halogens is 3. The van der Waals surface area contributed by atoms with Crippen molar-refractivity contribution in [2.24, 2.45) is 5.92 Å². The zero-order valence-electron chi connectivity index (χ0n) is 12.6. The lowest BCUT2D eigenvalue weighted by molar-refractivity contribution is -0.137. The van der Waals surface area contributed by atoms with Crippen LogP contribution in [-0.2, 0) is 4.79 Å². The molecule has 1 fully saturated rings. The molecule has 0 heterocycles. The highest BCUT2D eigenvalue weighted by molar-refractivity contribution is 5.75. The van der Waals surface area contributed by atoms with Gasteiger partial charge in [0.15, 0.2) is 0 Å². The molecule has 0 amide bonds. The summed E-state index contributed by atoms with van der Waals surface area (Å²) < 4.78 is 31.1. The number of carboxylic acid groups (broad SMARTS) is 1. The van der Waals surface area contributed by atoms with Crippen LogP contribution in [0.5, 0.6) is 0 Å². The van der Waals surface area contributed by atoms with Crippen LogP contribution in [0.3, 0.4) is 0 Å². The van der Waals surface area contributed by atoms with Crippen molar-refractivity contribution in [1.29, 1.82) is 0 Å². The number of aliphatic carboxylic acids is 1. The minimum absolute atomic E-state index is 0. The minimum atomic E-state index is -4.00. The summed E-state index contributed by atoms with van der Waals surface area (Å²) in [5, 5.41) is 8.66. The molecule has 129 valence electrons. The number of alkyl halides is 3. The predicted molar refractivity (Wildman–Crippen MR) is 87.6 cm³/mol. The normalized spacial score (nSPS) is 19.7. The molecule has 3 radical (unpaired) electrons. The van der Waals surface area contributed by atoms with E-state index in [2.05, 4.69) is 24.3 Å². The fraction of sp³-hybridized carbons (Fsp3) is 0.588. The fourth-order valence-corrected chi connectivity index (χ4v) is 2.69. The number of benzene rings is 1. The van der Waals surface area contributed by atoms with E-state index in [9.17, 15) is 18.0 Å². The summed E-state index contributed by atoms with van der Waals surface area (Å²) in [4.78, 5) is 10.5. The van der Waals surface area contributed by atoms with Crippen LogP contribution in [0.25, 0.3) is 0 Å². The molecular weight excluding hydrogens is 304 g/mol. The van der Waals surface area contributed by atoms with Gasteiger partial charge in [-0.1, -0.05) is 37.8 Å². The second-order valence-corrected chi connectivity index (χ2v) is 5.50. The van der Waals surface area contributed by atoms with E-state index >= 15 is 0 Å². The largest absolute Gasteiger partial charge is 0.481 e. The van der Waals surface area contributed by atoms with Gasteiger partial charge >= 0.3 is 12.1 Å². The molecule has 1 aliphatic carbocycles. The lowest BCUT2D eigenvalue weighted by atomic mass is 9.95. The average Bonchev–Trinajstić information content (AvgIpc) is 2.84. The Balaban J connectivity index is 0. The molecular formula is C17H25BF3O2. The first-order valence-corrected chi connectivity index (χ1v) is 7.09. The monoisotopic (exact) mass is 329 g/mol. The van der Waals surface area contributed by atoms with Crippen LogP contribution < -0.4 is 0 Å². The van der Waals surface area contributed by atoms with E-state index in [0.717, 1.165) is 12.8 Å². The Kier molecular flexibility index (Phi) is 11.5. The number of carbonyl (C=O) groups is 1. The van der Waals surface area contributed by atoms with Crippen molar-refractivity contribution in [3.05, 3.63) is 35.9 Å². The summed E-state index contributed by atoms with van der Waals surface area (Å²) in [6, 6.07) is 10.6. The maximum Gasteiger partial charge on any atom is 0.386 e. The first kappa shape index (κ1) is 23.8.